The molecule has 6 nitrogen and oxygen atoms in total. The fourth-order valence-corrected chi connectivity index (χ4v) is 1.65. The van der Waals surface area contributed by atoms with Crippen LogP contribution in [0.1, 0.15) is 5.56 Å². The molecule has 1 aromatic carbocycles. The predicted molar refractivity (Wildman–Crippen MR) is 71.9 cm³/mol. The summed E-state index contributed by atoms with van der Waals surface area (Å²) in [6.45, 7) is 0. The van der Waals surface area contributed by atoms with Crippen molar-refractivity contribution in [3.8, 4) is 23.4 Å². The van der Waals surface area contributed by atoms with Gasteiger partial charge in [-0.1, -0.05) is 0 Å². The van der Waals surface area contributed by atoms with Gasteiger partial charge >= 0.3 is 0 Å². The monoisotopic (exact) mass is 320 g/mol. The fourth-order valence-electron chi connectivity index (χ4n) is 1.36. The van der Waals surface area contributed by atoms with Crippen LogP contribution in [0.4, 0.5) is 5.82 Å². The Morgan fingerprint density at radius 1 is 1.26 bits per heavy atom. The van der Waals surface area contributed by atoms with Crippen LogP contribution in [0.25, 0.3) is 0 Å². The van der Waals surface area contributed by atoms with E-state index in [1.807, 2.05) is 6.07 Å². The number of halogens is 1. The van der Waals surface area contributed by atoms with Crippen molar-refractivity contribution < 1.29 is 9.47 Å². The number of nitrogens with zero attached hydrogens (tertiary/aromatic N) is 3. The topological polar surface area (TPSA) is 94.0 Å². The zero-order chi connectivity index (χ0) is 13.8. The van der Waals surface area contributed by atoms with Crippen LogP contribution in [0, 0.1) is 11.3 Å². The minimum absolute atomic E-state index is 0.268. The highest BCUT2D eigenvalue weighted by Gasteiger charge is 2.10. The molecule has 0 amide bonds. The average molecular weight is 321 g/mol. The Kier molecular flexibility index (Phi) is 3.82. The van der Waals surface area contributed by atoms with E-state index in [-0.39, 0.29) is 11.7 Å². The van der Waals surface area contributed by atoms with Gasteiger partial charge in [0.2, 0.25) is 5.88 Å². The van der Waals surface area contributed by atoms with Crippen molar-refractivity contribution in [3.63, 3.8) is 0 Å². The lowest BCUT2D eigenvalue weighted by Crippen LogP contribution is -1.97. The highest BCUT2D eigenvalue weighted by atomic mass is 79.9. The van der Waals surface area contributed by atoms with E-state index in [2.05, 4.69) is 25.9 Å². The largest absolute Gasteiger partial charge is 0.497 e. The van der Waals surface area contributed by atoms with Crippen LogP contribution in [0.3, 0.4) is 0 Å². The van der Waals surface area contributed by atoms with Crippen LogP contribution in [-0.4, -0.2) is 17.1 Å². The van der Waals surface area contributed by atoms with Gasteiger partial charge < -0.3 is 15.2 Å². The predicted octanol–water partition coefficient (Wildman–Crippen LogP) is 2.49. The smallest absolute Gasteiger partial charge is 0.238 e. The molecule has 0 aliphatic rings. The first kappa shape index (κ1) is 13.1. The van der Waals surface area contributed by atoms with Crippen LogP contribution in [-0.2, 0) is 0 Å². The van der Waals surface area contributed by atoms with Crippen molar-refractivity contribution >= 4 is 21.7 Å². The van der Waals surface area contributed by atoms with Gasteiger partial charge in [0.1, 0.15) is 28.1 Å². The number of hydrogen-bond acceptors (Lipinski definition) is 6. The second-order valence-corrected chi connectivity index (χ2v) is 4.28. The molecule has 1 aromatic heterocycles. The quantitative estimate of drug-likeness (QED) is 0.933. The number of nitriles is 1. The SMILES string of the molecule is COc1cc(C#N)cc(Oc2ncnc(N)c2Br)c1. The third kappa shape index (κ3) is 2.92. The maximum absolute atomic E-state index is 8.93. The van der Waals surface area contributed by atoms with E-state index in [4.69, 9.17) is 20.5 Å². The maximum Gasteiger partial charge on any atom is 0.238 e. The number of nitrogens with two attached hydrogens (primary N) is 1. The third-order valence-corrected chi connectivity index (χ3v) is 2.99. The van der Waals surface area contributed by atoms with E-state index >= 15 is 0 Å². The van der Waals surface area contributed by atoms with E-state index in [1.165, 1.54) is 13.4 Å². The molecular formula is C12H9BrN4O2. The number of rotatable bonds is 3. The molecule has 0 spiro atoms. The molecule has 0 aliphatic heterocycles. The summed E-state index contributed by atoms with van der Waals surface area (Å²) in [5, 5.41) is 8.93. The van der Waals surface area contributed by atoms with Gasteiger partial charge in [0, 0.05) is 6.07 Å². The van der Waals surface area contributed by atoms with E-state index < -0.39 is 0 Å². The molecule has 0 saturated carbocycles. The molecule has 0 bridgehead atoms. The van der Waals surface area contributed by atoms with Gasteiger partial charge in [-0.15, -0.1) is 0 Å². The van der Waals surface area contributed by atoms with Gasteiger partial charge in [0.05, 0.1) is 18.7 Å². The summed E-state index contributed by atoms with van der Waals surface area (Å²) < 4.78 is 11.1. The van der Waals surface area contributed by atoms with E-state index in [0.717, 1.165) is 0 Å². The van der Waals surface area contributed by atoms with Crippen molar-refractivity contribution in [2.24, 2.45) is 0 Å². The summed E-state index contributed by atoms with van der Waals surface area (Å²) in [6.07, 6.45) is 1.29. The highest BCUT2D eigenvalue weighted by Crippen LogP contribution is 2.32. The number of benzene rings is 1. The van der Waals surface area contributed by atoms with Crippen molar-refractivity contribution in [2.75, 3.05) is 12.8 Å². The summed E-state index contributed by atoms with van der Waals surface area (Å²) in [4.78, 5) is 7.77. The first-order chi connectivity index (χ1) is 9.13. The molecule has 0 atom stereocenters. The Hall–Kier alpha value is -2.33. The number of methoxy groups -OCH3 is 1. The molecule has 0 aliphatic carbocycles. The molecule has 1 heterocycles. The minimum Gasteiger partial charge on any atom is -0.497 e. The van der Waals surface area contributed by atoms with Crippen LogP contribution < -0.4 is 15.2 Å². The second kappa shape index (κ2) is 5.54. The zero-order valence-corrected chi connectivity index (χ0v) is 11.5. The molecule has 2 aromatic rings. The highest BCUT2D eigenvalue weighted by molar-refractivity contribution is 9.10. The molecule has 0 unspecified atom stereocenters. The first-order valence-corrected chi connectivity index (χ1v) is 5.96. The number of aromatic nitrogens is 2. The van der Waals surface area contributed by atoms with Gasteiger partial charge in [-0.05, 0) is 28.1 Å². The van der Waals surface area contributed by atoms with Crippen molar-refractivity contribution in [2.45, 2.75) is 0 Å². The average Bonchev–Trinajstić information content (AvgIpc) is 2.43. The maximum atomic E-state index is 8.93. The van der Waals surface area contributed by atoms with E-state index in [1.54, 1.807) is 18.2 Å². The first-order valence-electron chi connectivity index (χ1n) is 5.17. The molecule has 0 radical (unpaired) electrons. The van der Waals surface area contributed by atoms with Crippen LogP contribution in [0.2, 0.25) is 0 Å². The standard InChI is InChI=1S/C12H9BrN4O2/c1-18-8-2-7(5-14)3-9(4-8)19-12-10(13)11(15)16-6-17-12/h2-4,6H,1H3,(H2,15,16,17). The molecule has 0 fully saturated rings. The lowest BCUT2D eigenvalue weighted by atomic mass is 10.2. The van der Waals surface area contributed by atoms with E-state index in [0.29, 0.717) is 21.5 Å². The van der Waals surface area contributed by atoms with E-state index in [9.17, 15) is 0 Å². The summed E-state index contributed by atoms with van der Waals surface area (Å²) in [6, 6.07) is 6.85. The summed E-state index contributed by atoms with van der Waals surface area (Å²) in [5.41, 5.74) is 6.06. The lowest BCUT2D eigenvalue weighted by Gasteiger charge is -2.09. The minimum atomic E-state index is 0.268. The second-order valence-electron chi connectivity index (χ2n) is 3.49. The van der Waals surface area contributed by atoms with Crippen LogP contribution in [0.5, 0.6) is 17.4 Å². The Bertz CT molecular complexity index is 655. The Balaban J connectivity index is 2.38. The number of anilines is 1. The molecule has 2 rings (SSSR count). The zero-order valence-electron chi connectivity index (χ0n) is 9.92. The van der Waals surface area contributed by atoms with Crippen LogP contribution >= 0.6 is 15.9 Å². The Morgan fingerprint density at radius 2 is 2.00 bits per heavy atom. The van der Waals surface area contributed by atoms with Gasteiger partial charge in [-0.25, -0.2) is 9.97 Å². The fraction of sp³-hybridized carbons (Fsp3) is 0.0833. The van der Waals surface area contributed by atoms with Gasteiger partial charge in [-0.2, -0.15) is 5.26 Å². The van der Waals surface area contributed by atoms with Crippen LogP contribution in [0.15, 0.2) is 29.0 Å². The molecule has 2 N–H and O–H groups in total. The van der Waals surface area contributed by atoms with Gasteiger partial charge in [0.25, 0.3) is 0 Å². The molecule has 7 heteroatoms. The molecule has 0 saturated heterocycles. The lowest BCUT2D eigenvalue weighted by molar-refractivity contribution is 0.406. The van der Waals surface area contributed by atoms with Crippen molar-refractivity contribution in [3.05, 3.63) is 34.6 Å². The Morgan fingerprint density at radius 3 is 2.68 bits per heavy atom. The van der Waals surface area contributed by atoms with Gasteiger partial charge in [0.15, 0.2) is 0 Å². The number of hydrogen-bond donors (Lipinski definition) is 1. The number of nitrogen functional groups attached to an aromatic ring is 1. The number of ether oxygens (including phenoxy) is 2. The van der Waals surface area contributed by atoms with Crippen molar-refractivity contribution in [1.82, 2.24) is 9.97 Å². The van der Waals surface area contributed by atoms with Crippen molar-refractivity contribution in [1.29, 1.82) is 5.26 Å². The molecule has 19 heavy (non-hydrogen) atoms. The Labute approximate surface area is 117 Å². The summed E-state index contributed by atoms with van der Waals surface area (Å²) in [7, 11) is 1.51. The molecular weight excluding hydrogens is 312 g/mol. The van der Waals surface area contributed by atoms with Gasteiger partial charge in [-0.3, -0.25) is 0 Å². The third-order valence-electron chi connectivity index (χ3n) is 2.24. The summed E-state index contributed by atoms with van der Waals surface area (Å²) in [5.74, 6) is 1.49. The normalized spacial score (nSPS) is 9.74. The molecule has 96 valence electrons. The summed E-state index contributed by atoms with van der Waals surface area (Å²) >= 11 is 3.24.